The summed E-state index contributed by atoms with van der Waals surface area (Å²) in [5.41, 5.74) is 0. The zero-order valence-corrected chi connectivity index (χ0v) is 19.0. The summed E-state index contributed by atoms with van der Waals surface area (Å²) in [6.07, 6.45) is 16.2. The fourth-order valence-corrected chi connectivity index (χ4v) is 3.48. The number of hydrogen-bond donors (Lipinski definition) is 1. The van der Waals surface area contributed by atoms with Crippen LogP contribution in [0.4, 0.5) is 0 Å². The normalized spacial score (nSPS) is 12.7. The maximum Gasteiger partial charge on any atom is 0.307 e. The summed E-state index contributed by atoms with van der Waals surface area (Å²) in [6, 6.07) is 0. The van der Waals surface area contributed by atoms with Gasteiger partial charge in [0.15, 0.2) is 6.10 Å². The first-order valence-corrected chi connectivity index (χ1v) is 11.5. The molecule has 0 aliphatic carbocycles. The van der Waals surface area contributed by atoms with Gasteiger partial charge in [0.2, 0.25) is 0 Å². The summed E-state index contributed by atoms with van der Waals surface area (Å²) in [5, 5.41) is 8.99. The van der Waals surface area contributed by atoms with E-state index in [9.17, 15) is 9.59 Å². The van der Waals surface area contributed by atoms with Gasteiger partial charge in [-0.1, -0.05) is 84.0 Å². The summed E-state index contributed by atoms with van der Waals surface area (Å²) in [6.45, 7) is 2.77. The molecule has 0 bridgehead atoms. The van der Waals surface area contributed by atoms with Crippen LogP contribution in [0.15, 0.2) is 0 Å². The van der Waals surface area contributed by atoms with E-state index in [0.717, 1.165) is 12.8 Å². The minimum Gasteiger partial charge on any atom is -0.481 e. The lowest BCUT2D eigenvalue weighted by molar-refractivity contribution is -0.873. The van der Waals surface area contributed by atoms with Gasteiger partial charge in [-0.3, -0.25) is 9.59 Å². The molecule has 0 amide bonds. The molecule has 0 aliphatic rings. The van der Waals surface area contributed by atoms with Crippen molar-refractivity contribution in [2.45, 2.75) is 109 Å². The van der Waals surface area contributed by atoms with E-state index in [1.165, 1.54) is 70.6 Å². The molecule has 0 spiro atoms. The van der Waals surface area contributed by atoms with Crippen LogP contribution in [0.25, 0.3) is 0 Å². The molecule has 0 saturated carbocycles. The third kappa shape index (κ3) is 19.7. The van der Waals surface area contributed by atoms with Gasteiger partial charge in [0.05, 0.1) is 27.6 Å². The minimum atomic E-state index is -0.924. The van der Waals surface area contributed by atoms with Crippen molar-refractivity contribution in [3.63, 3.8) is 0 Å². The summed E-state index contributed by atoms with van der Waals surface area (Å²) in [7, 11) is 5.90. The average Bonchev–Trinajstić information content (AvgIpc) is 2.56. The first-order valence-electron chi connectivity index (χ1n) is 11.5. The van der Waals surface area contributed by atoms with Crippen molar-refractivity contribution in [2.24, 2.45) is 0 Å². The first kappa shape index (κ1) is 26.9. The van der Waals surface area contributed by atoms with Crippen LogP contribution in [0, 0.1) is 0 Å². The Bertz CT molecular complexity index is 404. The number of carbonyl (C=O) groups excluding carboxylic acids is 1. The molecule has 0 aliphatic heterocycles. The second-order valence-electron chi connectivity index (χ2n) is 9.18. The van der Waals surface area contributed by atoms with Gasteiger partial charge in [0, 0.05) is 6.42 Å². The van der Waals surface area contributed by atoms with Gasteiger partial charge in [-0.05, 0) is 6.42 Å². The Morgan fingerprint density at radius 2 is 1.21 bits per heavy atom. The molecule has 0 heterocycles. The molecule has 0 aromatic carbocycles. The van der Waals surface area contributed by atoms with E-state index in [4.69, 9.17) is 9.84 Å². The van der Waals surface area contributed by atoms with Crippen LogP contribution in [-0.4, -0.2) is 55.3 Å². The van der Waals surface area contributed by atoms with Crippen molar-refractivity contribution in [1.29, 1.82) is 0 Å². The van der Waals surface area contributed by atoms with Crippen molar-refractivity contribution in [1.82, 2.24) is 0 Å². The molecule has 1 atom stereocenters. The van der Waals surface area contributed by atoms with Crippen LogP contribution in [-0.2, 0) is 14.3 Å². The topological polar surface area (TPSA) is 63.6 Å². The van der Waals surface area contributed by atoms with Gasteiger partial charge >= 0.3 is 11.9 Å². The van der Waals surface area contributed by atoms with Crippen molar-refractivity contribution >= 4 is 11.9 Å². The number of carbonyl (C=O) groups is 2. The van der Waals surface area contributed by atoms with Crippen LogP contribution < -0.4 is 0 Å². The number of quaternary nitrogens is 1. The first-order chi connectivity index (χ1) is 13.2. The van der Waals surface area contributed by atoms with Crippen LogP contribution in [0.5, 0.6) is 0 Å². The Morgan fingerprint density at radius 3 is 1.61 bits per heavy atom. The lowest BCUT2D eigenvalue weighted by atomic mass is 10.2. The molecule has 0 aromatic heterocycles. The largest absolute Gasteiger partial charge is 0.481 e. The summed E-state index contributed by atoms with van der Waals surface area (Å²) < 4.78 is 5.98. The van der Waals surface area contributed by atoms with Crippen molar-refractivity contribution in [3.05, 3.63) is 0 Å². The molecule has 0 aromatic rings. The molecule has 0 unspecified atom stereocenters. The van der Waals surface area contributed by atoms with Gasteiger partial charge in [-0.15, -0.1) is 0 Å². The molecule has 1 N–H and O–H groups in total. The SMILES string of the molecule is C[N+](C)(C)C[C@@H](CC(=O)O)O[13C](=O)[13CH2][13CH2][13CH2][13CH2][13CH2][13CH2][13CH2][13CH2][13CH2][13CH2][13CH2][13CH2][13CH2][13CH2][13CH3]. The van der Waals surface area contributed by atoms with E-state index in [1.54, 1.807) is 0 Å². The molecule has 166 valence electrons. The zero-order valence-electron chi connectivity index (χ0n) is 19.0. The number of rotatable bonds is 19. The third-order valence-corrected chi connectivity index (χ3v) is 4.94. The van der Waals surface area contributed by atoms with E-state index in [2.05, 4.69) is 6.92 Å². The van der Waals surface area contributed by atoms with Crippen LogP contribution in [0.1, 0.15) is 103 Å². The molecule has 5 heteroatoms. The van der Waals surface area contributed by atoms with Gasteiger partial charge in [-0.25, -0.2) is 0 Å². The predicted octanol–water partition coefficient (Wildman–Crippen LogP) is 5.56. The van der Waals surface area contributed by atoms with Crippen molar-refractivity contribution < 1.29 is 23.9 Å². The Labute approximate surface area is 173 Å². The molecule has 0 fully saturated rings. The number of likely N-dealkylation sites (N-methyl/N-ethyl adjacent to an activating group) is 1. The van der Waals surface area contributed by atoms with Gasteiger partial charge < -0.3 is 14.3 Å². The Kier molecular flexibility index (Phi) is 16.2. The van der Waals surface area contributed by atoms with Crippen LogP contribution >= 0.6 is 0 Å². The number of unbranched alkanes of at least 4 members (excludes halogenated alkanes) is 12. The highest BCUT2D eigenvalue weighted by Gasteiger charge is 2.24. The summed E-state index contributed by atoms with van der Waals surface area (Å²) >= 11 is 0. The Balaban J connectivity index is 3.63. The second-order valence-corrected chi connectivity index (χ2v) is 9.18. The van der Waals surface area contributed by atoms with E-state index in [1.807, 2.05) is 21.1 Å². The van der Waals surface area contributed by atoms with Gasteiger partial charge in [-0.2, -0.15) is 0 Å². The third-order valence-electron chi connectivity index (χ3n) is 4.94. The highest BCUT2D eigenvalue weighted by atomic mass is 16.6. The molecule has 28 heavy (non-hydrogen) atoms. The molecule has 5 nitrogen and oxygen atoms in total. The Hall–Kier alpha value is -1.10. The minimum absolute atomic E-state index is 0.125. The van der Waals surface area contributed by atoms with Crippen LogP contribution in [0.2, 0.25) is 0 Å². The van der Waals surface area contributed by atoms with E-state index in [0.29, 0.717) is 17.4 Å². The summed E-state index contributed by atoms with van der Waals surface area (Å²) in [5.74, 6) is -1.19. The number of carboxylic acid groups (broad SMARTS) is 1. The Morgan fingerprint density at radius 1 is 0.786 bits per heavy atom. The number of ether oxygens (including phenoxy) is 1. The average molecular weight is 417 g/mol. The number of aliphatic carboxylic acids is 1. The number of esters is 1. The fourth-order valence-electron chi connectivity index (χ4n) is 3.48. The second kappa shape index (κ2) is 16.8. The highest BCUT2D eigenvalue weighted by Crippen LogP contribution is 2.14. The maximum absolute atomic E-state index is 12.0. The summed E-state index contributed by atoms with van der Waals surface area (Å²) in [4.78, 5) is 23.0. The van der Waals surface area contributed by atoms with Gasteiger partial charge in [0.25, 0.3) is 0 Å². The quantitative estimate of drug-likeness (QED) is 0.130. The molecule has 0 radical (unpaired) electrons. The van der Waals surface area contributed by atoms with E-state index < -0.39 is 12.1 Å². The lowest BCUT2D eigenvalue weighted by Crippen LogP contribution is -2.43. The van der Waals surface area contributed by atoms with Crippen molar-refractivity contribution in [2.75, 3.05) is 27.7 Å². The van der Waals surface area contributed by atoms with Crippen molar-refractivity contribution in [3.8, 4) is 0 Å². The number of nitrogens with zero attached hydrogens (tertiary/aromatic N) is 1. The lowest BCUT2D eigenvalue weighted by Gasteiger charge is -2.28. The van der Waals surface area contributed by atoms with E-state index >= 15 is 0 Å². The molecular weight excluding hydrogens is 370 g/mol. The maximum atomic E-state index is 12.0. The highest BCUT2D eigenvalue weighted by molar-refractivity contribution is 5.71. The monoisotopic (exact) mass is 416 g/mol. The predicted molar refractivity (Wildman–Crippen MR) is 115 cm³/mol. The smallest absolute Gasteiger partial charge is 0.307 e. The van der Waals surface area contributed by atoms with Gasteiger partial charge in [0.1, 0.15) is 6.54 Å². The molecular formula is C23H46NO4+. The fraction of sp³-hybridized carbons (Fsp3) is 0.913. The number of hydrogen-bond acceptors (Lipinski definition) is 3. The molecule has 0 saturated heterocycles. The zero-order chi connectivity index (χ0) is 21.3. The van der Waals surface area contributed by atoms with E-state index in [-0.39, 0.29) is 12.4 Å². The number of carboxylic acids is 1. The standard InChI is InChI=1S/C23H45NO4/c1-5-6-7-8-9-10-11-12-13-14-15-16-17-18-23(27)28-21(19-22(25)26)20-24(2,3)4/h21H,5-20H2,1-4H3/p+1/t21-/m1/s1/i1+1,5+1,6+1,7+1,8+1,9+1,10+1,11+1,12+1,13+1,14+1,15+1,16+1,17+1,18+1,23+1. The molecule has 0 rings (SSSR count). The van der Waals surface area contributed by atoms with Crippen LogP contribution in [0.3, 0.4) is 0 Å².